The molecule has 5 heteroatoms. The molecule has 0 unspecified atom stereocenters. The van der Waals surface area contributed by atoms with Gasteiger partial charge in [-0.3, -0.25) is 0 Å². The van der Waals surface area contributed by atoms with Gasteiger partial charge in [-0.15, -0.1) is 0 Å². The molecule has 0 saturated carbocycles. The van der Waals surface area contributed by atoms with E-state index in [1.807, 2.05) is 36.4 Å². The smallest absolute Gasteiger partial charge is 0.394 e. The summed E-state index contributed by atoms with van der Waals surface area (Å²) in [7, 11) is 0. The van der Waals surface area contributed by atoms with Crippen molar-refractivity contribution in [2.45, 2.75) is 0 Å². The predicted molar refractivity (Wildman–Crippen MR) is 69.2 cm³/mol. The quantitative estimate of drug-likeness (QED) is 0.468. The van der Waals surface area contributed by atoms with Gasteiger partial charge < -0.3 is 15.0 Å². The first kappa shape index (κ1) is 21.0. The fourth-order valence-electron chi connectivity index (χ4n) is 0.832. The molecule has 3 nitrogen and oxygen atoms in total. The average molecular weight is 477 g/mol. The van der Waals surface area contributed by atoms with E-state index in [9.17, 15) is 0 Å². The maximum absolute atomic E-state index is 3.66. The van der Waals surface area contributed by atoms with E-state index < -0.39 is 0 Å². The minimum absolute atomic E-state index is 0. The second-order valence-electron chi connectivity index (χ2n) is 2.88. The molecule has 0 aromatic carbocycles. The Hall–Kier alpha value is -1.36. The molecule has 0 aliphatic heterocycles. The largest absolute Gasteiger partial charge is 3.00 e. The molecule has 0 fully saturated rings. The van der Waals surface area contributed by atoms with Crippen LogP contribution in [-0.2, 0) is 37.8 Å². The number of hydrogen-bond acceptors (Lipinski definition) is 3. The van der Waals surface area contributed by atoms with E-state index in [2.05, 4.69) is 33.5 Å². The van der Waals surface area contributed by atoms with Crippen molar-refractivity contribution in [1.82, 2.24) is 15.0 Å². The van der Waals surface area contributed by atoms with E-state index in [-0.39, 0.29) is 37.8 Å². The normalized spacial score (nSPS) is 7.20. The Kier molecular flexibility index (Phi) is 18.5. The molecule has 0 atom stereocenters. The Morgan fingerprint density at radius 1 is 0.500 bits per heavy atom. The molecule has 3 heterocycles. The van der Waals surface area contributed by atoms with Gasteiger partial charge in [-0.1, -0.05) is 37.2 Å². The van der Waals surface area contributed by atoms with Crippen molar-refractivity contribution in [2.75, 3.05) is 0 Å². The van der Waals surface area contributed by atoms with Gasteiger partial charge in [0.1, 0.15) is 0 Å². The van der Waals surface area contributed by atoms with Gasteiger partial charge in [0.25, 0.3) is 0 Å². The van der Waals surface area contributed by atoms with Crippen molar-refractivity contribution >= 4 is 0 Å². The molecule has 0 bridgehead atoms. The zero-order valence-corrected chi connectivity index (χ0v) is 14.5. The fourth-order valence-corrected chi connectivity index (χ4v) is 0.832. The van der Waals surface area contributed by atoms with Crippen LogP contribution in [0.2, 0.25) is 0 Å². The molecule has 0 radical (unpaired) electrons. The van der Waals surface area contributed by atoms with E-state index in [0.717, 1.165) is 0 Å². The zero-order valence-electron chi connectivity index (χ0n) is 10.5. The molecule has 102 valence electrons. The van der Waals surface area contributed by atoms with Gasteiger partial charge in [-0.2, -0.15) is 54.6 Å². The molecule has 0 N–H and O–H groups in total. The summed E-state index contributed by atoms with van der Waals surface area (Å²) in [5, 5.41) is 0. The Morgan fingerprint density at radius 2 is 0.800 bits per heavy atom. The molecule has 20 heavy (non-hydrogen) atoms. The minimum atomic E-state index is 0. The summed E-state index contributed by atoms with van der Waals surface area (Å²) in [6, 6.07) is 16.5. The van der Waals surface area contributed by atoms with E-state index in [4.69, 9.17) is 0 Å². The third-order valence-electron chi connectivity index (χ3n) is 1.55. The van der Waals surface area contributed by atoms with E-state index in [1.54, 1.807) is 36.8 Å². The van der Waals surface area contributed by atoms with Crippen molar-refractivity contribution in [3.63, 3.8) is 0 Å². The maximum Gasteiger partial charge on any atom is 3.00 e. The van der Waals surface area contributed by atoms with Crippen LogP contribution in [0.15, 0.2) is 73.2 Å². The van der Waals surface area contributed by atoms with E-state index >= 15 is 0 Å². The molecular formula is C15H12CoN3W. The number of aromatic nitrogens is 3. The van der Waals surface area contributed by atoms with Crippen LogP contribution in [-0.4, -0.2) is 15.0 Å². The summed E-state index contributed by atoms with van der Waals surface area (Å²) < 4.78 is 0. The molecule has 0 aliphatic rings. The van der Waals surface area contributed by atoms with Crippen LogP contribution < -0.4 is 0 Å². The number of hydrogen-bond donors (Lipinski definition) is 0. The van der Waals surface area contributed by atoms with Crippen LogP contribution in [0, 0.1) is 18.6 Å². The van der Waals surface area contributed by atoms with Crippen LogP contribution in [0.3, 0.4) is 0 Å². The summed E-state index contributed by atoms with van der Waals surface area (Å²) in [4.78, 5) is 11.0. The number of pyridine rings is 3. The van der Waals surface area contributed by atoms with Crippen LogP contribution in [0.1, 0.15) is 0 Å². The van der Waals surface area contributed by atoms with Crippen LogP contribution in [0.4, 0.5) is 0 Å². The van der Waals surface area contributed by atoms with Crippen LogP contribution in [0.25, 0.3) is 0 Å². The van der Waals surface area contributed by atoms with Gasteiger partial charge in [0.15, 0.2) is 0 Å². The second-order valence-corrected chi connectivity index (χ2v) is 2.88. The Bertz CT molecular complexity index is 314. The fraction of sp³-hybridized carbons (Fsp3) is 0. The number of rotatable bonds is 0. The van der Waals surface area contributed by atoms with Gasteiger partial charge in [-0.05, 0) is 0 Å². The topological polar surface area (TPSA) is 38.7 Å². The van der Waals surface area contributed by atoms with Crippen LogP contribution in [0.5, 0.6) is 0 Å². The standard InChI is InChI=1S/3C5H4N.Co.W/c3*1-2-4-6-5-3-1;;/h3*1-4H;;/q3*-1;+3;. The van der Waals surface area contributed by atoms with Gasteiger partial charge in [0.2, 0.25) is 0 Å². The van der Waals surface area contributed by atoms with E-state index in [1.165, 1.54) is 0 Å². The first-order valence-electron chi connectivity index (χ1n) is 5.31. The third-order valence-corrected chi connectivity index (χ3v) is 1.55. The van der Waals surface area contributed by atoms with Gasteiger partial charge in [0.05, 0.1) is 0 Å². The van der Waals surface area contributed by atoms with Crippen molar-refractivity contribution in [2.24, 2.45) is 0 Å². The first-order chi connectivity index (χ1) is 9.00. The van der Waals surface area contributed by atoms with Crippen molar-refractivity contribution in [1.29, 1.82) is 0 Å². The van der Waals surface area contributed by atoms with Gasteiger partial charge in [-0.25, -0.2) is 0 Å². The third kappa shape index (κ3) is 14.7. The second kappa shape index (κ2) is 17.6. The molecule has 0 saturated heterocycles. The summed E-state index contributed by atoms with van der Waals surface area (Å²) in [6.07, 6.45) is 13.0. The van der Waals surface area contributed by atoms with Crippen molar-refractivity contribution in [3.05, 3.63) is 91.8 Å². The summed E-state index contributed by atoms with van der Waals surface area (Å²) in [5.41, 5.74) is 0. The number of nitrogens with zero attached hydrogens (tertiary/aromatic N) is 3. The van der Waals surface area contributed by atoms with Gasteiger partial charge in [0, 0.05) is 21.1 Å². The maximum atomic E-state index is 3.66. The molecule has 0 spiro atoms. The van der Waals surface area contributed by atoms with Crippen molar-refractivity contribution < 1.29 is 37.8 Å². The molecular weight excluding hydrogens is 465 g/mol. The average Bonchev–Trinajstić information content (AvgIpc) is 2.54. The Labute approximate surface area is 144 Å². The van der Waals surface area contributed by atoms with Gasteiger partial charge >= 0.3 is 16.8 Å². The van der Waals surface area contributed by atoms with E-state index in [0.29, 0.717) is 0 Å². The molecule has 3 rings (SSSR count). The summed E-state index contributed by atoms with van der Waals surface area (Å²) >= 11 is 0. The summed E-state index contributed by atoms with van der Waals surface area (Å²) in [5.74, 6) is 0. The minimum Gasteiger partial charge on any atom is -0.394 e. The molecule has 3 aromatic rings. The molecule has 0 amide bonds. The molecule has 3 aromatic heterocycles. The monoisotopic (exact) mass is 477 g/mol. The van der Waals surface area contributed by atoms with Crippen LogP contribution >= 0.6 is 0 Å². The first-order valence-corrected chi connectivity index (χ1v) is 5.31. The Morgan fingerprint density at radius 3 is 0.850 bits per heavy atom. The Balaban J connectivity index is 0. The SMILES string of the molecule is [Co+3].[W].[c-]1ccccn1.[c-]1ccccn1.[c-]1ccccn1. The zero-order chi connectivity index (χ0) is 12.7. The van der Waals surface area contributed by atoms with Crippen molar-refractivity contribution in [3.8, 4) is 0 Å². The molecule has 0 aliphatic carbocycles. The summed E-state index contributed by atoms with van der Waals surface area (Å²) in [6.45, 7) is 0. The predicted octanol–water partition coefficient (Wildman–Crippen LogP) is 2.64.